The Morgan fingerprint density at radius 1 is 1.13 bits per heavy atom. The fraction of sp³-hybridized carbons (Fsp3) is 0.368. The van der Waals surface area contributed by atoms with E-state index in [1.54, 1.807) is 6.07 Å². The summed E-state index contributed by atoms with van der Waals surface area (Å²) < 4.78 is 1.05. The van der Waals surface area contributed by atoms with Gasteiger partial charge in [-0.15, -0.1) is 0 Å². The predicted molar refractivity (Wildman–Crippen MR) is 94.9 cm³/mol. The van der Waals surface area contributed by atoms with E-state index in [4.69, 9.17) is 0 Å². The molecule has 1 aromatic carbocycles. The molecule has 0 amide bonds. The van der Waals surface area contributed by atoms with Gasteiger partial charge in [-0.25, -0.2) is 0 Å². The van der Waals surface area contributed by atoms with Gasteiger partial charge in [0.2, 0.25) is 5.56 Å². The zero-order valence-electron chi connectivity index (χ0n) is 12.9. The van der Waals surface area contributed by atoms with Crippen LogP contribution >= 0.6 is 15.9 Å². The molecular formula is C19H20BrNO2. The SMILES string of the molecule is O=C(CC(c1ccc(Br)cc1)C1CCCC1)c1ccc(=O)[nH]c1. The van der Waals surface area contributed by atoms with Gasteiger partial charge < -0.3 is 4.98 Å². The molecule has 1 aliphatic carbocycles. The Hall–Kier alpha value is -1.68. The molecule has 120 valence electrons. The second kappa shape index (κ2) is 7.26. The average Bonchev–Trinajstić information content (AvgIpc) is 3.08. The number of halogens is 1. The smallest absolute Gasteiger partial charge is 0.247 e. The first-order valence-electron chi connectivity index (χ1n) is 8.11. The van der Waals surface area contributed by atoms with E-state index in [-0.39, 0.29) is 17.3 Å². The number of hydrogen-bond acceptors (Lipinski definition) is 2. The van der Waals surface area contributed by atoms with Gasteiger partial charge in [0.05, 0.1) is 0 Å². The standard InChI is InChI=1S/C19H20BrNO2/c20-16-8-5-14(6-9-16)17(13-3-1-2-4-13)11-18(22)15-7-10-19(23)21-12-15/h5-10,12-13,17H,1-4,11H2,(H,21,23). The molecule has 3 nitrogen and oxygen atoms in total. The molecule has 23 heavy (non-hydrogen) atoms. The van der Waals surface area contributed by atoms with Crippen molar-refractivity contribution >= 4 is 21.7 Å². The first kappa shape index (κ1) is 16.2. The van der Waals surface area contributed by atoms with Gasteiger partial charge in [-0.1, -0.05) is 40.9 Å². The van der Waals surface area contributed by atoms with Crippen LogP contribution in [0.4, 0.5) is 0 Å². The number of rotatable bonds is 5. The minimum absolute atomic E-state index is 0.0982. The topological polar surface area (TPSA) is 49.9 Å². The Balaban J connectivity index is 1.83. The minimum atomic E-state index is -0.179. The number of hydrogen-bond donors (Lipinski definition) is 1. The number of carbonyl (C=O) groups excluding carboxylic acids is 1. The maximum absolute atomic E-state index is 12.6. The van der Waals surface area contributed by atoms with E-state index in [1.807, 2.05) is 12.1 Å². The Morgan fingerprint density at radius 3 is 2.43 bits per heavy atom. The number of carbonyl (C=O) groups is 1. The van der Waals surface area contributed by atoms with Gasteiger partial charge >= 0.3 is 0 Å². The Labute approximate surface area is 144 Å². The zero-order chi connectivity index (χ0) is 16.2. The third-order valence-corrected chi connectivity index (χ3v) is 5.31. The number of Topliss-reactive ketones (excluding diaryl/α,β-unsaturated/α-hetero) is 1. The van der Waals surface area contributed by atoms with E-state index >= 15 is 0 Å². The number of aromatic nitrogens is 1. The number of ketones is 1. The lowest BCUT2D eigenvalue weighted by Crippen LogP contribution is -2.16. The van der Waals surface area contributed by atoms with Crippen LogP contribution in [-0.2, 0) is 0 Å². The molecule has 1 unspecified atom stereocenters. The lowest BCUT2D eigenvalue weighted by atomic mass is 9.80. The van der Waals surface area contributed by atoms with Crippen LogP contribution in [0.2, 0.25) is 0 Å². The fourth-order valence-electron chi connectivity index (χ4n) is 3.53. The molecule has 0 bridgehead atoms. The van der Waals surface area contributed by atoms with Gasteiger partial charge in [-0.2, -0.15) is 0 Å². The molecule has 1 saturated carbocycles. The molecule has 0 spiro atoms. The van der Waals surface area contributed by atoms with Crippen LogP contribution in [0.15, 0.2) is 51.9 Å². The highest BCUT2D eigenvalue weighted by atomic mass is 79.9. The van der Waals surface area contributed by atoms with Crippen molar-refractivity contribution in [3.63, 3.8) is 0 Å². The van der Waals surface area contributed by atoms with Crippen molar-refractivity contribution in [2.45, 2.75) is 38.0 Å². The number of benzene rings is 1. The van der Waals surface area contributed by atoms with E-state index in [9.17, 15) is 9.59 Å². The first-order valence-corrected chi connectivity index (χ1v) is 8.90. The summed E-state index contributed by atoms with van der Waals surface area (Å²) in [4.78, 5) is 26.4. The van der Waals surface area contributed by atoms with Crippen molar-refractivity contribution in [3.05, 3.63) is 68.5 Å². The molecule has 1 fully saturated rings. The van der Waals surface area contributed by atoms with E-state index in [0.717, 1.165) is 4.47 Å². The summed E-state index contributed by atoms with van der Waals surface area (Å²) in [7, 11) is 0. The Morgan fingerprint density at radius 2 is 1.83 bits per heavy atom. The molecule has 0 radical (unpaired) electrons. The van der Waals surface area contributed by atoms with Crippen LogP contribution in [0, 0.1) is 5.92 Å². The molecule has 0 saturated heterocycles. The van der Waals surface area contributed by atoms with E-state index < -0.39 is 0 Å². The van der Waals surface area contributed by atoms with Crippen molar-refractivity contribution in [2.75, 3.05) is 0 Å². The van der Waals surface area contributed by atoms with Crippen molar-refractivity contribution in [3.8, 4) is 0 Å². The third-order valence-electron chi connectivity index (χ3n) is 4.78. The van der Waals surface area contributed by atoms with Crippen LogP contribution in [0.1, 0.15) is 53.9 Å². The number of pyridine rings is 1. The number of H-pyrrole nitrogens is 1. The lowest BCUT2D eigenvalue weighted by Gasteiger charge is -2.23. The average molecular weight is 374 g/mol. The van der Waals surface area contributed by atoms with Crippen molar-refractivity contribution < 1.29 is 4.79 Å². The molecule has 4 heteroatoms. The second-order valence-electron chi connectivity index (χ2n) is 6.27. The summed E-state index contributed by atoms with van der Waals surface area (Å²) >= 11 is 3.47. The summed E-state index contributed by atoms with van der Waals surface area (Å²) in [6, 6.07) is 11.4. The van der Waals surface area contributed by atoms with Gasteiger partial charge in [0.1, 0.15) is 0 Å². The van der Waals surface area contributed by atoms with Gasteiger partial charge in [0.25, 0.3) is 0 Å². The number of aromatic amines is 1. The molecular weight excluding hydrogens is 354 g/mol. The fourth-order valence-corrected chi connectivity index (χ4v) is 3.79. The molecule has 1 aliphatic rings. The minimum Gasteiger partial charge on any atom is -0.328 e. The van der Waals surface area contributed by atoms with Gasteiger partial charge in [-0.05, 0) is 48.4 Å². The van der Waals surface area contributed by atoms with E-state index in [1.165, 1.54) is 43.5 Å². The molecule has 3 rings (SSSR count). The highest BCUT2D eigenvalue weighted by Crippen LogP contribution is 2.40. The third kappa shape index (κ3) is 3.99. The summed E-state index contributed by atoms with van der Waals surface area (Å²) in [5.41, 5.74) is 1.64. The predicted octanol–water partition coefficient (Wildman–Crippen LogP) is 4.68. The summed E-state index contributed by atoms with van der Waals surface area (Å²) in [6.07, 6.45) is 6.92. The van der Waals surface area contributed by atoms with Crippen LogP contribution < -0.4 is 5.56 Å². The van der Waals surface area contributed by atoms with Gasteiger partial charge in [0.15, 0.2) is 5.78 Å². The van der Waals surface area contributed by atoms with E-state index in [0.29, 0.717) is 17.9 Å². The van der Waals surface area contributed by atoms with Crippen LogP contribution in [0.5, 0.6) is 0 Å². The number of nitrogens with one attached hydrogen (secondary N) is 1. The highest BCUT2D eigenvalue weighted by Gasteiger charge is 2.28. The van der Waals surface area contributed by atoms with Gasteiger partial charge in [0, 0.05) is 28.7 Å². The molecule has 1 N–H and O–H groups in total. The molecule has 2 aromatic rings. The largest absolute Gasteiger partial charge is 0.328 e. The monoisotopic (exact) mass is 373 g/mol. The first-order chi connectivity index (χ1) is 11.1. The Kier molecular flexibility index (Phi) is 5.11. The van der Waals surface area contributed by atoms with Crippen molar-refractivity contribution in [1.82, 2.24) is 4.98 Å². The van der Waals surface area contributed by atoms with Crippen LogP contribution in [0.3, 0.4) is 0 Å². The maximum atomic E-state index is 12.6. The quantitative estimate of drug-likeness (QED) is 0.773. The van der Waals surface area contributed by atoms with Crippen molar-refractivity contribution in [1.29, 1.82) is 0 Å². The molecule has 1 atom stereocenters. The zero-order valence-corrected chi connectivity index (χ0v) is 14.5. The lowest BCUT2D eigenvalue weighted by molar-refractivity contribution is 0.0963. The molecule has 0 aliphatic heterocycles. The maximum Gasteiger partial charge on any atom is 0.247 e. The summed E-state index contributed by atoms with van der Waals surface area (Å²) in [5.74, 6) is 0.925. The highest BCUT2D eigenvalue weighted by molar-refractivity contribution is 9.10. The normalized spacial score (nSPS) is 16.4. The summed E-state index contributed by atoms with van der Waals surface area (Å²) in [5, 5.41) is 0. The van der Waals surface area contributed by atoms with Gasteiger partial charge in [-0.3, -0.25) is 9.59 Å². The second-order valence-corrected chi connectivity index (χ2v) is 7.19. The van der Waals surface area contributed by atoms with Crippen LogP contribution in [0.25, 0.3) is 0 Å². The molecule has 1 heterocycles. The summed E-state index contributed by atoms with van der Waals surface area (Å²) in [6.45, 7) is 0. The Bertz CT molecular complexity index is 709. The molecule has 1 aromatic heterocycles. The van der Waals surface area contributed by atoms with Crippen LogP contribution in [-0.4, -0.2) is 10.8 Å². The van der Waals surface area contributed by atoms with Crippen molar-refractivity contribution in [2.24, 2.45) is 5.92 Å². The van der Waals surface area contributed by atoms with E-state index in [2.05, 4.69) is 33.0 Å².